The molecule has 0 spiro atoms. The summed E-state index contributed by atoms with van der Waals surface area (Å²) in [5.74, 6) is 0. The smallest absolute Gasteiger partial charge is 0.270 e. The summed E-state index contributed by atoms with van der Waals surface area (Å²) >= 11 is 3.34. The highest BCUT2D eigenvalue weighted by Gasteiger charge is 2.16. The standard InChI is InChI=1S/C12H17BrN2O2/c1-4-12(2,3)8-14-11-6-5-9(15(16)17)7-10(11)13/h5-7,14H,4,8H2,1-3H3. The average molecular weight is 301 g/mol. The zero-order valence-corrected chi connectivity index (χ0v) is 11.9. The van der Waals surface area contributed by atoms with Gasteiger partial charge in [-0.1, -0.05) is 20.8 Å². The van der Waals surface area contributed by atoms with E-state index in [0.717, 1.165) is 23.1 Å². The second-order valence-electron chi connectivity index (χ2n) is 4.79. The molecule has 94 valence electrons. The van der Waals surface area contributed by atoms with E-state index >= 15 is 0 Å². The summed E-state index contributed by atoms with van der Waals surface area (Å²) in [6.45, 7) is 7.34. The monoisotopic (exact) mass is 300 g/mol. The van der Waals surface area contributed by atoms with E-state index < -0.39 is 4.92 Å². The Labute approximate surface area is 110 Å². The number of nitro groups is 1. The van der Waals surface area contributed by atoms with Crippen molar-refractivity contribution in [2.45, 2.75) is 27.2 Å². The molecule has 0 aliphatic carbocycles. The second-order valence-corrected chi connectivity index (χ2v) is 5.65. The Kier molecular flexibility index (Phi) is 4.51. The fourth-order valence-electron chi connectivity index (χ4n) is 1.22. The van der Waals surface area contributed by atoms with Gasteiger partial charge in [0.05, 0.1) is 4.92 Å². The van der Waals surface area contributed by atoms with Crippen LogP contribution in [0.2, 0.25) is 0 Å². The van der Waals surface area contributed by atoms with Crippen molar-refractivity contribution in [2.75, 3.05) is 11.9 Å². The number of halogens is 1. The number of non-ortho nitro benzene ring substituents is 1. The van der Waals surface area contributed by atoms with Gasteiger partial charge in [0, 0.05) is 28.8 Å². The number of nitro benzene ring substituents is 1. The van der Waals surface area contributed by atoms with Gasteiger partial charge in [0.1, 0.15) is 0 Å². The first-order valence-electron chi connectivity index (χ1n) is 5.53. The van der Waals surface area contributed by atoms with Crippen LogP contribution in [-0.4, -0.2) is 11.5 Å². The number of benzene rings is 1. The van der Waals surface area contributed by atoms with Crippen LogP contribution in [0.5, 0.6) is 0 Å². The Hall–Kier alpha value is -1.10. The first-order valence-corrected chi connectivity index (χ1v) is 6.33. The predicted molar refractivity (Wildman–Crippen MR) is 73.4 cm³/mol. The molecule has 0 atom stereocenters. The van der Waals surface area contributed by atoms with E-state index in [0.29, 0.717) is 0 Å². The summed E-state index contributed by atoms with van der Waals surface area (Å²) in [6, 6.07) is 4.75. The molecule has 0 radical (unpaired) electrons. The van der Waals surface area contributed by atoms with Gasteiger partial charge in [0.2, 0.25) is 0 Å². The van der Waals surface area contributed by atoms with Crippen molar-refractivity contribution in [1.82, 2.24) is 0 Å². The van der Waals surface area contributed by atoms with Gasteiger partial charge in [-0.15, -0.1) is 0 Å². The van der Waals surface area contributed by atoms with Gasteiger partial charge in [-0.05, 0) is 33.8 Å². The Morgan fingerprint density at radius 2 is 2.12 bits per heavy atom. The van der Waals surface area contributed by atoms with Crippen molar-refractivity contribution < 1.29 is 4.92 Å². The molecular formula is C12H17BrN2O2. The van der Waals surface area contributed by atoms with Gasteiger partial charge >= 0.3 is 0 Å². The number of rotatable bonds is 5. The third kappa shape index (κ3) is 4.00. The van der Waals surface area contributed by atoms with Crippen LogP contribution in [-0.2, 0) is 0 Å². The van der Waals surface area contributed by atoms with Crippen LogP contribution in [0, 0.1) is 15.5 Å². The van der Waals surface area contributed by atoms with Gasteiger partial charge in [-0.3, -0.25) is 10.1 Å². The van der Waals surface area contributed by atoms with Gasteiger partial charge in [-0.25, -0.2) is 0 Å². The highest BCUT2D eigenvalue weighted by Crippen LogP contribution is 2.28. The zero-order valence-electron chi connectivity index (χ0n) is 10.3. The lowest BCUT2D eigenvalue weighted by molar-refractivity contribution is -0.384. The quantitative estimate of drug-likeness (QED) is 0.655. The molecule has 0 unspecified atom stereocenters. The van der Waals surface area contributed by atoms with E-state index in [-0.39, 0.29) is 11.1 Å². The molecule has 0 bridgehead atoms. The van der Waals surface area contributed by atoms with Crippen LogP contribution >= 0.6 is 15.9 Å². The van der Waals surface area contributed by atoms with Crippen molar-refractivity contribution >= 4 is 27.3 Å². The molecule has 1 aromatic carbocycles. The van der Waals surface area contributed by atoms with Crippen molar-refractivity contribution in [1.29, 1.82) is 0 Å². The van der Waals surface area contributed by atoms with E-state index in [1.807, 2.05) is 0 Å². The number of hydrogen-bond donors (Lipinski definition) is 1. The van der Waals surface area contributed by atoms with Crippen molar-refractivity contribution in [3.05, 3.63) is 32.8 Å². The lowest BCUT2D eigenvalue weighted by atomic mass is 9.90. The molecule has 0 saturated carbocycles. The van der Waals surface area contributed by atoms with Gasteiger partial charge in [0.25, 0.3) is 5.69 Å². The number of hydrogen-bond acceptors (Lipinski definition) is 3. The topological polar surface area (TPSA) is 55.2 Å². The van der Waals surface area contributed by atoms with Crippen molar-refractivity contribution in [2.24, 2.45) is 5.41 Å². The molecular weight excluding hydrogens is 284 g/mol. The van der Waals surface area contributed by atoms with Gasteiger partial charge in [-0.2, -0.15) is 0 Å². The van der Waals surface area contributed by atoms with E-state index in [2.05, 4.69) is 42.0 Å². The lowest BCUT2D eigenvalue weighted by Gasteiger charge is -2.23. The van der Waals surface area contributed by atoms with Crippen LogP contribution in [0.3, 0.4) is 0 Å². The Morgan fingerprint density at radius 1 is 1.47 bits per heavy atom. The van der Waals surface area contributed by atoms with Crippen LogP contribution in [0.25, 0.3) is 0 Å². The third-order valence-corrected chi connectivity index (χ3v) is 3.53. The minimum Gasteiger partial charge on any atom is -0.384 e. The molecule has 17 heavy (non-hydrogen) atoms. The summed E-state index contributed by atoms with van der Waals surface area (Å²) in [6.07, 6.45) is 1.07. The average Bonchev–Trinajstić information content (AvgIpc) is 2.27. The summed E-state index contributed by atoms with van der Waals surface area (Å²) < 4.78 is 0.721. The minimum absolute atomic E-state index is 0.0946. The maximum Gasteiger partial charge on any atom is 0.270 e. The summed E-state index contributed by atoms with van der Waals surface area (Å²) in [7, 11) is 0. The Balaban J connectivity index is 2.77. The second kappa shape index (κ2) is 5.49. The molecule has 1 N–H and O–H groups in total. The summed E-state index contributed by atoms with van der Waals surface area (Å²) in [5.41, 5.74) is 1.19. The van der Waals surface area contributed by atoms with E-state index in [1.54, 1.807) is 6.07 Å². The fraction of sp³-hybridized carbons (Fsp3) is 0.500. The molecule has 1 rings (SSSR count). The first kappa shape index (κ1) is 14.0. The predicted octanol–water partition coefficient (Wildman–Crippen LogP) is 4.21. The third-order valence-electron chi connectivity index (χ3n) is 2.88. The fourth-order valence-corrected chi connectivity index (χ4v) is 1.73. The number of anilines is 1. The van der Waals surface area contributed by atoms with Gasteiger partial charge < -0.3 is 5.32 Å². The van der Waals surface area contributed by atoms with Crippen LogP contribution in [0.1, 0.15) is 27.2 Å². The zero-order chi connectivity index (χ0) is 13.1. The number of nitrogens with one attached hydrogen (secondary N) is 1. The van der Waals surface area contributed by atoms with Crippen LogP contribution in [0.4, 0.5) is 11.4 Å². The highest BCUT2D eigenvalue weighted by atomic mass is 79.9. The van der Waals surface area contributed by atoms with Crippen molar-refractivity contribution in [3.8, 4) is 0 Å². The summed E-state index contributed by atoms with van der Waals surface area (Å²) in [5, 5.41) is 13.9. The molecule has 0 aromatic heterocycles. The maximum atomic E-state index is 10.6. The van der Waals surface area contributed by atoms with Crippen LogP contribution in [0.15, 0.2) is 22.7 Å². The molecule has 0 saturated heterocycles. The van der Waals surface area contributed by atoms with E-state index in [4.69, 9.17) is 0 Å². The molecule has 0 amide bonds. The number of nitrogens with zero attached hydrogens (tertiary/aromatic N) is 1. The van der Waals surface area contributed by atoms with Crippen molar-refractivity contribution in [3.63, 3.8) is 0 Å². The Morgan fingerprint density at radius 3 is 2.59 bits per heavy atom. The minimum atomic E-state index is -0.398. The maximum absolute atomic E-state index is 10.6. The highest BCUT2D eigenvalue weighted by molar-refractivity contribution is 9.10. The van der Waals surface area contributed by atoms with Gasteiger partial charge in [0.15, 0.2) is 0 Å². The Bertz CT molecular complexity index is 419. The normalized spacial score (nSPS) is 11.3. The largest absolute Gasteiger partial charge is 0.384 e. The van der Waals surface area contributed by atoms with E-state index in [1.165, 1.54) is 12.1 Å². The molecule has 0 aliphatic heterocycles. The molecule has 0 fully saturated rings. The molecule has 5 heteroatoms. The molecule has 1 aromatic rings. The van der Waals surface area contributed by atoms with Crippen LogP contribution < -0.4 is 5.32 Å². The first-order chi connectivity index (χ1) is 7.85. The molecule has 4 nitrogen and oxygen atoms in total. The SMILES string of the molecule is CCC(C)(C)CNc1ccc([N+](=O)[O-])cc1Br. The molecule has 0 heterocycles. The van der Waals surface area contributed by atoms with E-state index in [9.17, 15) is 10.1 Å². The lowest BCUT2D eigenvalue weighted by Crippen LogP contribution is -2.22. The molecule has 0 aliphatic rings. The summed E-state index contributed by atoms with van der Waals surface area (Å²) in [4.78, 5) is 10.2.